The number of hydrazine groups is 1. The topological polar surface area (TPSA) is 76.3 Å². The van der Waals surface area contributed by atoms with Crippen LogP contribution in [0.4, 0.5) is 24.8 Å². The molecule has 9 heteroatoms. The summed E-state index contributed by atoms with van der Waals surface area (Å²) in [5, 5.41) is 0. The molecule has 1 unspecified atom stereocenters. The second-order valence-corrected chi connectivity index (χ2v) is 4.17. The maximum absolute atomic E-state index is 12.7. The number of methoxy groups -OCH3 is 1. The number of aromatic nitrogens is 2. The Morgan fingerprint density at radius 1 is 1.47 bits per heavy atom. The molecule has 6 nitrogen and oxygen atoms in total. The minimum atomic E-state index is -4.61. The van der Waals surface area contributed by atoms with Gasteiger partial charge in [0.15, 0.2) is 0 Å². The molecule has 106 valence electrons. The molecular weight excluding hydrogens is 263 g/mol. The van der Waals surface area contributed by atoms with Crippen molar-refractivity contribution in [2.24, 2.45) is 5.84 Å². The Hall–Kier alpha value is -1.61. The van der Waals surface area contributed by atoms with Gasteiger partial charge in [-0.25, -0.2) is 15.8 Å². The molecule has 1 aromatic rings. The number of anilines is 2. The lowest BCUT2D eigenvalue weighted by molar-refractivity contribution is -0.144. The molecule has 1 fully saturated rings. The number of rotatable bonds is 3. The minimum Gasteiger partial charge on any atom is -0.380 e. The summed E-state index contributed by atoms with van der Waals surface area (Å²) in [6.07, 6.45) is -3.87. The van der Waals surface area contributed by atoms with Gasteiger partial charge in [0, 0.05) is 26.3 Å². The molecule has 19 heavy (non-hydrogen) atoms. The van der Waals surface area contributed by atoms with Gasteiger partial charge in [-0.15, -0.1) is 0 Å². The predicted molar refractivity (Wildman–Crippen MR) is 62.5 cm³/mol. The van der Waals surface area contributed by atoms with Crippen molar-refractivity contribution in [1.82, 2.24) is 9.97 Å². The van der Waals surface area contributed by atoms with Crippen molar-refractivity contribution in [3.63, 3.8) is 0 Å². The highest BCUT2D eigenvalue weighted by Crippen LogP contribution is 2.30. The maximum atomic E-state index is 12.7. The summed E-state index contributed by atoms with van der Waals surface area (Å²) < 4.78 is 43.2. The molecule has 2 heterocycles. The van der Waals surface area contributed by atoms with Gasteiger partial charge in [0.05, 0.1) is 6.10 Å². The minimum absolute atomic E-state index is 0.00131. The Labute approximate surface area is 107 Å². The van der Waals surface area contributed by atoms with Crippen LogP contribution in [0.3, 0.4) is 0 Å². The van der Waals surface area contributed by atoms with Crippen LogP contribution in [0.2, 0.25) is 0 Å². The van der Waals surface area contributed by atoms with Crippen molar-refractivity contribution < 1.29 is 17.9 Å². The zero-order valence-corrected chi connectivity index (χ0v) is 10.2. The van der Waals surface area contributed by atoms with Crippen molar-refractivity contribution in [2.75, 3.05) is 30.5 Å². The van der Waals surface area contributed by atoms with E-state index in [1.54, 1.807) is 12.0 Å². The highest BCUT2D eigenvalue weighted by molar-refractivity contribution is 5.50. The lowest BCUT2D eigenvalue weighted by atomic mass is 10.3. The molecule has 0 radical (unpaired) electrons. The summed E-state index contributed by atoms with van der Waals surface area (Å²) in [5.41, 5.74) is 2.12. The first kappa shape index (κ1) is 13.8. The number of halogens is 3. The SMILES string of the molecule is COC1CCN(c2cc(NN)nc(C(F)(F)F)n2)C1. The van der Waals surface area contributed by atoms with Crippen LogP contribution in [-0.4, -0.2) is 36.3 Å². The number of nitrogens with two attached hydrogens (primary N) is 1. The van der Waals surface area contributed by atoms with Crippen LogP contribution in [0.25, 0.3) is 0 Å². The van der Waals surface area contributed by atoms with Crippen LogP contribution in [0, 0.1) is 0 Å². The van der Waals surface area contributed by atoms with E-state index in [0.717, 1.165) is 6.42 Å². The quantitative estimate of drug-likeness (QED) is 0.634. The monoisotopic (exact) mass is 277 g/mol. The summed E-state index contributed by atoms with van der Waals surface area (Å²) in [6.45, 7) is 1.08. The van der Waals surface area contributed by atoms with Gasteiger partial charge in [0.2, 0.25) is 5.82 Å². The van der Waals surface area contributed by atoms with Crippen molar-refractivity contribution in [1.29, 1.82) is 0 Å². The van der Waals surface area contributed by atoms with Crippen LogP contribution in [-0.2, 0) is 10.9 Å². The van der Waals surface area contributed by atoms with E-state index in [9.17, 15) is 13.2 Å². The molecule has 0 saturated carbocycles. The normalized spacial score (nSPS) is 19.8. The van der Waals surface area contributed by atoms with Crippen LogP contribution in [0.5, 0.6) is 0 Å². The molecule has 1 saturated heterocycles. The Kier molecular flexibility index (Phi) is 3.76. The van der Waals surface area contributed by atoms with Crippen LogP contribution < -0.4 is 16.2 Å². The number of nitrogen functional groups attached to an aromatic ring is 1. The molecule has 1 aromatic heterocycles. The zero-order chi connectivity index (χ0) is 14.0. The van der Waals surface area contributed by atoms with E-state index in [1.165, 1.54) is 6.07 Å². The number of ether oxygens (including phenoxy) is 1. The second-order valence-electron chi connectivity index (χ2n) is 4.17. The third-order valence-electron chi connectivity index (χ3n) is 2.92. The van der Waals surface area contributed by atoms with Gasteiger partial charge >= 0.3 is 6.18 Å². The molecule has 3 N–H and O–H groups in total. The molecule has 2 rings (SSSR count). The van der Waals surface area contributed by atoms with Crippen molar-refractivity contribution >= 4 is 11.6 Å². The fourth-order valence-electron chi connectivity index (χ4n) is 1.93. The largest absolute Gasteiger partial charge is 0.451 e. The lowest BCUT2D eigenvalue weighted by Gasteiger charge is -2.19. The van der Waals surface area contributed by atoms with Crippen LogP contribution in [0.1, 0.15) is 12.2 Å². The van der Waals surface area contributed by atoms with E-state index in [4.69, 9.17) is 10.6 Å². The Morgan fingerprint density at radius 2 is 2.21 bits per heavy atom. The van der Waals surface area contributed by atoms with Gasteiger partial charge in [-0.05, 0) is 6.42 Å². The highest BCUT2D eigenvalue weighted by atomic mass is 19.4. The third-order valence-corrected chi connectivity index (χ3v) is 2.92. The second kappa shape index (κ2) is 5.17. The predicted octanol–water partition coefficient (Wildman–Crippen LogP) is 1.01. The number of alkyl halides is 3. The van der Waals surface area contributed by atoms with E-state index in [0.29, 0.717) is 13.1 Å². The van der Waals surface area contributed by atoms with Gasteiger partial charge in [0.1, 0.15) is 11.6 Å². The fraction of sp³-hybridized carbons (Fsp3) is 0.600. The molecule has 1 aliphatic heterocycles. The van der Waals surface area contributed by atoms with Gasteiger partial charge in [-0.2, -0.15) is 13.2 Å². The molecule has 1 atom stereocenters. The third kappa shape index (κ3) is 3.04. The number of nitrogens with one attached hydrogen (secondary N) is 1. The summed E-state index contributed by atoms with van der Waals surface area (Å²) in [6, 6.07) is 1.38. The van der Waals surface area contributed by atoms with Crippen molar-refractivity contribution in [3.05, 3.63) is 11.9 Å². The summed E-state index contributed by atoms with van der Waals surface area (Å²) in [7, 11) is 1.57. The molecule has 0 bridgehead atoms. The Morgan fingerprint density at radius 3 is 2.74 bits per heavy atom. The summed E-state index contributed by atoms with van der Waals surface area (Å²) in [5.74, 6) is 4.04. The van der Waals surface area contributed by atoms with Crippen molar-refractivity contribution in [2.45, 2.75) is 18.7 Å². The first-order valence-electron chi connectivity index (χ1n) is 5.64. The Bertz CT molecular complexity index is 453. The average molecular weight is 277 g/mol. The zero-order valence-electron chi connectivity index (χ0n) is 10.2. The smallest absolute Gasteiger partial charge is 0.380 e. The van der Waals surface area contributed by atoms with Gasteiger partial charge in [-0.1, -0.05) is 0 Å². The van der Waals surface area contributed by atoms with Crippen molar-refractivity contribution in [3.8, 4) is 0 Å². The van der Waals surface area contributed by atoms with Gasteiger partial charge in [-0.3, -0.25) is 0 Å². The van der Waals surface area contributed by atoms with E-state index < -0.39 is 12.0 Å². The van der Waals surface area contributed by atoms with Gasteiger partial charge < -0.3 is 15.1 Å². The molecule has 0 aliphatic carbocycles. The Balaban J connectivity index is 2.30. The maximum Gasteiger partial charge on any atom is 0.451 e. The molecule has 1 aliphatic rings. The number of nitrogens with zero attached hydrogens (tertiary/aromatic N) is 3. The van der Waals surface area contributed by atoms with E-state index >= 15 is 0 Å². The highest BCUT2D eigenvalue weighted by Gasteiger charge is 2.36. The van der Waals surface area contributed by atoms with Crippen LogP contribution in [0.15, 0.2) is 6.07 Å². The molecule has 0 amide bonds. The van der Waals surface area contributed by atoms with E-state index in [2.05, 4.69) is 15.4 Å². The van der Waals surface area contributed by atoms with Gasteiger partial charge in [0.25, 0.3) is 0 Å². The average Bonchev–Trinajstić information content (AvgIpc) is 2.86. The number of hydrogen-bond donors (Lipinski definition) is 2. The summed E-state index contributed by atoms with van der Waals surface area (Å²) in [4.78, 5) is 8.56. The first-order chi connectivity index (χ1) is 8.94. The van der Waals surface area contributed by atoms with E-state index in [1.807, 2.05) is 0 Å². The lowest BCUT2D eigenvalue weighted by Crippen LogP contribution is -2.25. The molecule has 0 spiro atoms. The van der Waals surface area contributed by atoms with Crippen LogP contribution >= 0.6 is 0 Å². The fourth-order valence-corrected chi connectivity index (χ4v) is 1.93. The standard InChI is InChI=1S/C10H14F3N5O/c1-19-6-2-3-18(5-6)8-4-7(17-14)15-9(16-8)10(11,12)13/h4,6H,2-3,5,14H2,1H3,(H,15,16,17). The number of hydrogen-bond acceptors (Lipinski definition) is 6. The first-order valence-corrected chi connectivity index (χ1v) is 5.64. The van der Waals surface area contributed by atoms with E-state index in [-0.39, 0.29) is 17.7 Å². The summed E-state index contributed by atoms with van der Waals surface area (Å²) >= 11 is 0. The molecular formula is C10H14F3N5O. The molecule has 0 aromatic carbocycles.